The molecular weight excluding hydrogens is 260 g/mol. The lowest BCUT2D eigenvalue weighted by Gasteiger charge is -2.42. The van der Waals surface area contributed by atoms with E-state index in [1.165, 1.54) is 0 Å². The first-order valence-electron chi connectivity index (χ1n) is 7.08. The molecule has 2 atom stereocenters. The monoisotopic (exact) mass is 286 g/mol. The van der Waals surface area contributed by atoms with Crippen LogP contribution in [0.3, 0.4) is 0 Å². The van der Waals surface area contributed by atoms with Crippen LogP contribution < -0.4 is 5.32 Å². The first-order valence-corrected chi connectivity index (χ1v) is 7.08. The van der Waals surface area contributed by atoms with Crippen molar-refractivity contribution in [2.75, 3.05) is 13.1 Å². The highest BCUT2D eigenvalue weighted by Gasteiger charge is 2.38. The lowest BCUT2D eigenvalue weighted by Crippen LogP contribution is -2.61. The molecule has 2 unspecified atom stereocenters. The van der Waals surface area contributed by atoms with Crippen molar-refractivity contribution in [1.29, 1.82) is 0 Å². The molecule has 0 spiro atoms. The van der Waals surface area contributed by atoms with Gasteiger partial charge in [0.05, 0.1) is 18.2 Å². The number of morpholine rings is 1. The van der Waals surface area contributed by atoms with Gasteiger partial charge in [-0.3, -0.25) is 0 Å². The fourth-order valence-electron chi connectivity index (χ4n) is 2.65. The number of hydrogen-bond donors (Lipinski definition) is 2. The molecule has 1 saturated heterocycles. The van der Waals surface area contributed by atoms with E-state index in [1.54, 1.807) is 11.8 Å². The van der Waals surface area contributed by atoms with E-state index in [2.05, 4.69) is 5.32 Å². The zero-order chi connectivity index (χ0) is 15.6. The van der Waals surface area contributed by atoms with Crippen molar-refractivity contribution in [3.05, 3.63) is 0 Å². The number of urea groups is 1. The molecular formula is C14H26N2O4. The predicted octanol–water partition coefficient (Wildman–Crippen LogP) is 1.84. The largest absolute Gasteiger partial charge is 0.480 e. The quantitative estimate of drug-likeness (QED) is 0.826. The first kappa shape index (κ1) is 16.8. The van der Waals surface area contributed by atoms with Crippen LogP contribution >= 0.6 is 0 Å². The summed E-state index contributed by atoms with van der Waals surface area (Å²) < 4.78 is 5.74. The number of nitrogens with one attached hydrogen (secondary N) is 1. The fourth-order valence-corrected chi connectivity index (χ4v) is 2.65. The molecule has 6 nitrogen and oxygen atoms in total. The van der Waals surface area contributed by atoms with Gasteiger partial charge < -0.3 is 20.1 Å². The number of hydrogen-bond acceptors (Lipinski definition) is 3. The number of amides is 2. The molecule has 1 aliphatic heterocycles. The smallest absolute Gasteiger partial charge is 0.329 e. The minimum atomic E-state index is -1.22. The summed E-state index contributed by atoms with van der Waals surface area (Å²) in [5, 5.41) is 12.0. The Morgan fingerprint density at radius 1 is 1.50 bits per heavy atom. The lowest BCUT2D eigenvalue weighted by molar-refractivity contribution is -0.144. The molecule has 0 aliphatic carbocycles. The average molecular weight is 286 g/mol. The maximum absolute atomic E-state index is 12.3. The zero-order valence-electron chi connectivity index (χ0n) is 13.0. The van der Waals surface area contributed by atoms with E-state index in [1.807, 2.05) is 27.7 Å². The number of aliphatic carboxylic acids is 1. The van der Waals surface area contributed by atoms with E-state index < -0.39 is 17.1 Å². The standard InChI is InChI=1S/C14H26N2O4/c1-6-7-14(5,11(17)18)15-12(19)16-8-10(2)20-13(3,4)9-16/h10H,6-9H2,1-5H3,(H,15,19)(H,17,18). The van der Waals surface area contributed by atoms with Crippen LogP contribution in [0.4, 0.5) is 4.79 Å². The number of carboxylic acid groups (broad SMARTS) is 1. The molecule has 0 saturated carbocycles. The van der Waals surface area contributed by atoms with E-state index in [0.717, 1.165) is 0 Å². The SMILES string of the molecule is CCCC(C)(NC(=O)N1CC(C)OC(C)(C)C1)C(=O)O. The van der Waals surface area contributed by atoms with E-state index in [9.17, 15) is 14.7 Å². The van der Waals surface area contributed by atoms with Gasteiger partial charge in [-0.1, -0.05) is 13.3 Å². The molecule has 0 aromatic carbocycles. The summed E-state index contributed by atoms with van der Waals surface area (Å²) >= 11 is 0. The lowest BCUT2D eigenvalue weighted by atomic mass is 9.96. The van der Waals surface area contributed by atoms with Gasteiger partial charge in [-0.2, -0.15) is 0 Å². The van der Waals surface area contributed by atoms with Gasteiger partial charge in [0, 0.05) is 6.54 Å². The van der Waals surface area contributed by atoms with Crippen LogP contribution in [0.2, 0.25) is 0 Å². The third kappa shape index (κ3) is 4.10. The van der Waals surface area contributed by atoms with Crippen molar-refractivity contribution in [2.45, 2.75) is 64.7 Å². The molecule has 1 fully saturated rings. The van der Waals surface area contributed by atoms with Crippen molar-refractivity contribution < 1.29 is 19.4 Å². The summed E-state index contributed by atoms with van der Waals surface area (Å²) in [4.78, 5) is 25.3. The summed E-state index contributed by atoms with van der Waals surface area (Å²) in [6, 6.07) is -0.341. The average Bonchev–Trinajstić information content (AvgIpc) is 2.26. The van der Waals surface area contributed by atoms with Gasteiger partial charge in [0.2, 0.25) is 0 Å². The molecule has 0 aromatic heterocycles. The molecule has 20 heavy (non-hydrogen) atoms. The highest BCUT2D eigenvalue weighted by molar-refractivity contribution is 5.86. The van der Waals surface area contributed by atoms with E-state index in [4.69, 9.17) is 4.74 Å². The van der Waals surface area contributed by atoms with Crippen molar-refractivity contribution in [3.8, 4) is 0 Å². The second kappa shape index (κ2) is 5.99. The minimum absolute atomic E-state index is 0.0632. The van der Waals surface area contributed by atoms with Crippen LogP contribution in [0.15, 0.2) is 0 Å². The Kier molecular flexibility index (Phi) is 5.02. The Labute approximate surface area is 120 Å². The van der Waals surface area contributed by atoms with Crippen molar-refractivity contribution in [3.63, 3.8) is 0 Å². The molecule has 1 aliphatic rings. The molecule has 2 N–H and O–H groups in total. The summed E-state index contributed by atoms with van der Waals surface area (Å²) in [6.45, 7) is 10.1. The van der Waals surface area contributed by atoms with Crippen LogP contribution in [-0.2, 0) is 9.53 Å². The molecule has 116 valence electrons. The van der Waals surface area contributed by atoms with Crippen LogP contribution in [0.1, 0.15) is 47.5 Å². The Balaban J connectivity index is 2.76. The van der Waals surface area contributed by atoms with Crippen molar-refractivity contribution in [1.82, 2.24) is 10.2 Å². The molecule has 1 heterocycles. The maximum Gasteiger partial charge on any atom is 0.329 e. The number of ether oxygens (including phenoxy) is 1. The number of rotatable bonds is 4. The molecule has 0 bridgehead atoms. The zero-order valence-corrected chi connectivity index (χ0v) is 13.0. The topological polar surface area (TPSA) is 78.9 Å². The van der Waals surface area contributed by atoms with Gasteiger partial charge in [0.15, 0.2) is 0 Å². The van der Waals surface area contributed by atoms with Crippen LogP contribution in [0.5, 0.6) is 0 Å². The van der Waals surface area contributed by atoms with Gasteiger partial charge in [0.25, 0.3) is 0 Å². The van der Waals surface area contributed by atoms with E-state index in [0.29, 0.717) is 25.9 Å². The Morgan fingerprint density at radius 2 is 2.10 bits per heavy atom. The van der Waals surface area contributed by atoms with Crippen molar-refractivity contribution in [2.24, 2.45) is 0 Å². The molecule has 0 radical (unpaired) electrons. The highest BCUT2D eigenvalue weighted by Crippen LogP contribution is 2.21. The predicted molar refractivity (Wildman–Crippen MR) is 75.7 cm³/mol. The maximum atomic E-state index is 12.3. The molecule has 6 heteroatoms. The second-order valence-corrected chi connectivity index (χ2v) is 6.39. The van der Waals surface area contributed by atoms with E-state index in [-0.39, 0.29) is 12.1 Å². The van der Waals surface area contributed by atoms with E-state index >= 15 is 0 Å². The summed E-state index contributed by atoms with van der Waals surface area (Å²) in [5.74, 6) is -1.01. The Bertz CT molecular complexity index is 383. The third-order valence-electron chi connectivity index (χ3n) is 3.46. The Hall–Kier alpha value is -1.30. The number of carbonyl (C=O) groups excluding carboxylic acids is 1. The Morgan fingerprint density at radius 3 is 2.55 bits per heavy atom. The highest BCUT2D eigenvalue weighted by atomic mass is 16.5. The van der Waals surface area contributed by atoms with Crippen LogP contribution in [0, 0.1) is 0 Å². The number of nitrogens with zero attached hydrogens (tertiary/aromatic N) is 1. The summed E-state index contributed by atoms with van der Waals surface area (Å²) in [6.07, 6.45) is 1.03. The minimum Gasteiger partial charge on any atom is -0.480 e. The molecule has 2 amide bonds. The van der Waals surface area contributed by atoms with Gasteiger partial charge >= 0.3 is 12.0 Å². The fraction of sp³-hybridized carbons (Fsp3) is 0.857. The number of carbonyl (C=O) groups is 2. The first-order chi connectivity index (χ1) is 9.09. The normalized spacial score (nSPS) is 24.9. The third-order valence-corrected chi connectivity index (χ3v) is 3.46. The van der Waals surface area contributed by atoms with Gasteiger partial charge in [0.1, 0.15) is 5.54 Å². The van der Waals surface area contributed by atoms with Gasteiger partial charge in [-0.25, -0.2) is 9.59 Å². The summed E-state index contributed by atoms with van der Waals surface area (Å²) in [5.41, 5.74) is -1.64. The molecule has 0 aromatic rings. The van der Waals surface area contributed by atoms with Gasteiger partial charge in [-0.05, 0) is 34.1 Å². The van der Waals surface area contributed by atoms with Crippen LogP contribution in [0.25, 0.3) is 0 Å². The second-order valence-electron chi connectivity index (χ2n) is 6.39. The summed E-state index contributed by atoms with van der Waals surface area (Å²) in [7, 11) is 0. The van der Waals surface area contributed by atoms with Crippen LogP contribution in [-0.4, -0.2) is 52.3 Å². The van der Waals surface area contributed by atoms with Crippen molar-refractivity contribution >= 4 is 12.0 Å². The van der Waals surface area contributed by atoms with Gasteiger partial charge in [-0.15, -0.1) is 0 Å². The number of carboxylic acids is 1. The molecule has 1 rings (SSSR count).